The van der Waals surface area contributed by atoms with E-state index in [0.29, 0.717) is 0 Å². The molecule has 0 aliphatic carbocycles. The molecule has 1 atom stereocenters. The van der Waals surface area contributed by atoms with Gasteiger partial charge in [-0.1, -0.05) is 11.6 Å². The molecule has 112 valence electrons. The minimum atomic E-state index is -3.89. The summed E-state index contributed by atoms with van der Waals surface area (Å²) < 4.78 is 26.7. The fourth-order valence-corrected chi connectivity index (χ4v) is 3.59. The molecule has 0 aliphatic heterocycles. The summed E-state index contributed by atoms with van der Waals surface area (Å²) in [6.07, 6.45) is 0.250. The third-order valence-electron chi connectivity index (χ3n) is 2.46. The van der Waals surface area contributed by atoms with Crippen LogP contribution in [0.4, 0.5) is 0 Å². The minimum absolute atomic E-state index is 0.0696. The molecule has 0 amide bonds. The highest BCUT2D eigenvalue weighted by molar-refractivity contribution is 9.10. The van der Waals surface area contributed by atoms with Crippen LogP contribution in [0.15, 0.2) is 21.5 Å². The normalized spacial score (nSPS) is 13.2. The van der Waals surface area contributed by atoms with Crippen LogP contribution >= 0.6 is 27.5 Å². The second-order valence-corrected chi connectivity index (χ2v) is 7.05. The van der Waals surface area contributed by atoms with E-state index >= 15 is 0 Å². The third kappa shape index (κ3) is 4.16. The molecule has 20 heavy (non-hydrogen) atoms. The quantitative estimate of drug-likeness (QED) is 0.692. The maximum Gasteiger partial charge on any atom is 0.337 e. The molecule has 0 heterocycles. The van der Waals surface area contributed by atoms with Gasteiger partial charge in [0.2, 0.25) is 10.0 Å². The van der Waals surface area contributed by atoms with Crippen molar-refractivity contribution in [3.8, 4) is 0 Å². The van der Waals surface area contributed by atoms with Gasteiger partial charge in [0.05, 0.1) is 15.5 Å². The SMILES string of the molecule is CC(CCO)NS(=O)(=O)c1cc(Br)c(Cl)c(C(=O)O)c1. The molecular formula is C11H13BrClNO5S. The average Bonchev–Trinajstić information content (AvgIpc) is 2.31. The summed E-state index contributed by atoms with van der Waals surface area (Å²) >= 11 is 8.82. The number of aromatic carboxylic acids is 1. The lowest BCUT2D eigenvalue weighted by molar-refractivity contribution is 0.0696. The zero-order valence-electron chi connectivity index (χ0n) is 10.4. The zero-order valence-corrected chi connectivity index (χ0v) is 13.6. The van der Waals surface area contributed by atoms with Crippen molar-refractivity contribution in [1.29, 1.82) is 0 Å². The summed E-state index contributed by atoms with van der Waals surface area (Å²) in [5.74, 6) is -1.32. The first-order valence-electron chi connectivity index (χ1n) is 5.54. The maximum absolute atomic E-state index is 12.1. The van der Waals surface area contributed by atoms with Crippen LogP contribution in [0, 0.1) is 0 Å². The summed E-state index contributed by atoms with van der Waals surface area (Å²) in [5, 5.41) is 17.7. The Morgan fingerprint density at radius 1 is 1.50 bits per heavy atom. The Balaban J connectivity index is 3.22. The highest BCUT2D eigenvalue weighted by Crippen LogP contribution is 2.30. The Labute approximate surface area is 129 Å². The number of aliphatic hydroxyl groups is 1. The number of hydrogen-bond donors (Lipinski definition) is 3. The molecule has 3 N–H and O–H groups in total. The molecule has 0 radical (unpaired) electrons. The van der Waals surface area contributed by atoms with Gasteiger partial charge in [0.15, 0.2) is 0 Å². The van der Waals surface area contributed by atoms with Crippen molar-refractivity contribution in [3.63, 3.8) is 0 Å². The largest absolute Gasteiger partial charge is 0.478 e. The molecule has 0 spiro atoms. The molecule has 1 aromatic rings. The summed E-state index contributed by atoms with van der Waals surface area (Å²) in [6, 6.07) is 1.74. The molecule has 0 bridgehead atoms. The molecule has 1 unspecified atom stereocenters. The van der Waals surface area contributed by atoms with Crippen molar-refractivity contribution in [1.82, 2.24) is 4.72 Å². The van der Waals surface area contributed by atoms with Gasteiger partial charge in [-0.25, -0.2) is 17.9 Å². The molecule has 0 fully saturated rings. The summed E-state index contributed by atoms with van der Waals surface area (Å²) in [4.78, 5) is 10.8. The number of carboxylic acid groups (broad SMARTS) is 1. The van der Waals surface area contributed by atoms with Crippen molar-refractivity contribution < 1.29 is 23.4 Å². The standard InChI is InChI=1S/C11H13BrClNO5S/c1-6(2-3-15)14-20(18,19)7-4-8(11(16)17)10(13)9(12)5-7/h4-6,14-15H,2-3H2,1H3,(H,16,17). The third-order valence-corrected chi connectivity index (χ3v) is 5.29. The first kappa shape index (κ1) is 17.4. The fraction of sp³-hybridized carbons (Fsp3) is 0.364. The van der Waals surface area contributed by atoms with Crippen LogP contribution in [0.2, 0.25) is 5.02 Å². The Morgan fingerprint density at radius 3 is 2.60 bits per heavy atom. The molecule has 1 aromatic carbocycles. The lowest BCUT2D eigenvalue weighted by Gasteiger charge is -2.14. The van der Waals surface area contributed by atoms with E-state index in [0.717, 1.165) is 6.07 Å². The monoisotopic (exact) mass is 385 g/mol. The van der Waals surface area contributed by atoms with Gasteiger partial charge in [0.1, 0.15) is 0 Å². The Bertz CT molecular complexity index is 619. The second-order valence-electron chi connectivity index (χ2n) is 4.11. The first-order chi connectivity index (χ1) is 9.19. The van der Waals surface area contributed by atoms with Crippen molar-refractivity contribution in [2.75, 3.05) is 6.61 Å². The van der Waals surface area contributed by atoms with E-state index in [1.807, 2.05) is 0 Å². The van der Waals surface area contributed by atoms with Crippen LogP contribution in [0.25, 0.3) is 0 Å². The Hall–Kier alpha value is -0.670. The van der Waals surface area contributed by atoms with Gasteiger partial charge in [-0.3, -0.25) is 0 Å². The number of aliphatic hydroxyl groups excluding tert-OH is 1. The Kier molecular flexibility index (Phi) is 5.96. The average molecular weight is 387 g/mol. The van der Waals surface area contributed by atoms with E-state index in [2.05, 4.69) is 20.7 Å². The fourth-order valence-electron chi connectivity index (χ4n) is 1.46. The first-order valence-corrected chi connectivity index (χ1v) is 8.20. The van der Waals surface area contributed by atoms with Gasteiger partial charge >= 0.3 is 5.97 Å². The molecule has 0 saturated heterocycles. The number of rotatable bonds is 6. The number of nitrogens with one attached hydrogen (secondary N) is 1. The smallest absolute Gasteiger partial charge is 0.337 e. The summed E-state index contributed by atoms with van der Waals surface area (Å²) in [6.45, 7) is 1.44. The molecule has 9 heteroatoms. The van der Waals surface area contributed by atoms with Crippen LogP contribution in [0.5, 0.6) is 0 Å². The van der Waals surface area contributed by atoms with E-state index in [1.54, 1.807) is 6.92 Å². The van der Waals surface area contributed by atoms with Crippen molar-refractivity contribution in [3.05, 3.63) is 27.2 Å². The van der Waals surface area contributed by atoms with Crippen LogP contribution < -0.4 is 4.72 Å². The van der Waals surface area contributed by atoms with Crippen LogP contribution in [0.3, 0.4) is 0 Å². The van der Waals surface area contributed by atoms with Crippen molar-refractivity contribution in [2.24, 2.45) is 0 Å². The highest BCUT2D eigenvalue weighted by Gasteiger charge is 2.22. The number of benzene rings is 1. The zero-order chi connectivity index (χ0) is 15.5. The van der Waals surface area contributed by atoms with Crippen LogP contribution in [-0.2, 0) is 10.0 Å². The van der Waals surface area contributed by atoms with Gasteiger partial charge in [-0.2, -0.15) is 0 Å². The van der Waals surface area contributed by atoms with E-state index in [-0.39, 0.29) is 33.0 Å². The summed E-state index contributed by atoms with van der Waals surface area (Å²) in [7, 11) is -3.89. The molecule has 0 saturated carbocycles. The molecule has 0 aromatic heterocycles. The van der Waals surface area contributed by atoms with E-state index < -0.39 is 22.0 Å². The number of carboxylic acids is 1. The number of halogens is 2. The summed E-state index contributed by atoms with van der Waals surface area (Å²) in [5.41, 5.74) is -0.309. The maximum atomic E-state index is 12.1. The van der Waals surface area contributed by atoms with Gasteiger partial charge < -0.3 is 10.2 Å². The van der Waals surface area contributed by atoms with Gasteiger partial charge in [-0.15, -0.1) is 0 Å². The van der Waals surface area contributed by atoms with Crippen molar-refractivity contribution >= 4 is 43.5 Å². The van der Waals surface area contributed by atoms with Gasteiger partial charge in [0, 0.05) is 17.1 Å². The topological polar surface area (TPSA) is 104 Å². The van der Waals surface area contributed by atoms with Crippen LogP contribution in [0.1, 0.15) is 23.7 Å². The number of hydrogen-bond acceptors (Lipinski definition) is 4. The predicted octanol–water partition coefficient (Wildman–Crippen LogP) is 1.85. The Morgan fingerprint density at radius 2 is 2.10 bits per heavy atom. The predicted molar refractivity (Wildman–Crippen MR) is 77.6 cm³/mol. The van der Waals surface area contributed by atoms with E-state index in [4.69, 9.17) is 21.8 Å². The van der Waals surface area contributed by atoms with Gasteiger partial charge in [-0.05, 0) is 41.4 Å². The highest BCUT2D eigenvalue weighted by atomic mass is 79.9. The second kappa shape index (κ2) is 6.86. The molecule has 0 aliphatic rings. The number of sulfonamides is 1. The molecule has 6 nitrogen and oxygen atoms in total. The lowest BCUT2D eigenvalue weighted by Crippen LogP contribution is -2.33. The lowest BCUT2D eigenvalue weighted by atomic mass is 10.2. The number of carbonyl (C=O) groups is 1. The van der Waals surface area contributed by atoms with Crippen molar-refractivity contribution in [2.45, 2.75) is 24.3 Å². The molecular weight excluding hydrogens is 374 g/mol. The van der Waals surface area contributed by atoms with E-state index in [9.17, 15) is 13.2 Å². The molecule has 1 rings (SSSR count). The van der Waals surface area contributed by atoms with Gasteiger partial charge in [0.25, 0.3) is 0 Å². The van der Waals surface area contributed by atoms with Crippen LogP contribution in [-0.4, -0.2) is 37.2 Å². The minimum Gasteiger partial charge on any atom is -0.478 e. The van der Waals surface area contributed by atoms with E-state index in [1.165, 1.54) is 6.07 Å².